The topological polar surface area (TPSA) is 93.4 Å². The fourth-order valence-corrected chi connectivity index (χ4v) is 4.10. The molecule has 156 valence electrons. The summed E-state index contributed by atoms with van der Waals surface area (Å²) in [6, 6.07) is 1.97. The minimum Gasteiger partial charge on any atom is -0.488 e. The second kappa shape index (κ2) is 7.20. The highest BCUT2D eigenvalue weighted by molar-refractivity contribution is 7.16. The summed E-state index contributed by atoms with van der Waals surface area (Å²) < 4.78 is 11.4. The van der Waals surface area contributed by atoms with E-state index >= 15 is 0 Å². The first-order valence-corrected chi connectivity index (χ1v) is 10.9. The van der Waals surface area contributed by atoms with Crippen LogP contribution in [0.5, 0.6) is 5.75 Å². The maximum atomic E-state index is 13.6. The number of aromatic nitrogens is 3. The zero-order valence-electron chi connectivity index (χ0n) is 17.1. The van der Waals surface area contributed by atoms with E-state index in [0.717, 1.165) is 24.1 Å². The number of anilines is 1. The van der Waals surface area contributed by atoms with Gasteiger partial charge < -0.3 is 19.4 Å². The third-order valence-corrected chi connectivity index (χ3v) is 6.02. The molecule has 1 aliphatic carbocycles. The third-order valence-electron chi connectivity index (χ3n) is 5.85. The first-order chi connectivity index (χ1) is 14.5. The lowest BCUT2D eigenvalue weighted by atomic mass is 10.0. The summed E-state index contributed by atoms with van der Waals surface area (Å²) >= 11 is 0. The molecule has 1 N–H and O–H groups in total. The number of carbonyl (C=O) groups excluding carboxylic acids is 1. The summed E-state index contributed by atoms with van der Waals surface area (Å²) in [7, 11) is 2.53. The van der Waals surface area contributed by atoms with Crippen molar-refractivity contribution in [3.8, 4) is 5.75 Å². The molecule has 1 fully saturated rings. The number of fused-ring (bicyclic) bond motifs is 2. The Morgan fingerprint density at radius 1 is 1.37 bits per heavy atom. The normalized spacial score (nSPS) is 17.0. The number of rotatable bonds is 5. The highest BCUT2D eigenvalue weighted by atomic mass is 31.0. The average Bonchev–Trinajstić information content (AvgIpc) is 3.35. The Kier molecular flexibility index (Phi) is 4.62. The molecule has 3 aromatic rings. The SMILES string of the molecule is Cc1oc2ncnc(NC3(C)CC3)c2c1C(=O)N1CCc2ncc(OCP)cc2C1. The molecule has 1 aliphatic heterocycles. The van der Waals surface area contributed by atoms with Gasteiger partial charge in [0.2, 0.25) is 5.71 Å². The van der Waals surface area contributed by atoms with Crippen molar-refractivity contribution in [2.45, 2.75) is 45.2 Å². The van der Waals surface area contributed by atoms with Gasteiger partial charge in [-0.2, -0.15) is 0 Å². The molecule has 1 amide bonds. The van der Waals surface area contributed by atoms with Crippen molar-refractivity contribution in [2.75, 3.05) is 18.2 Å². The van der Waals surface area contributed by atoms with Crippen LogP contribution in [-0.4, -0.2) is 44.2 Å². The van der Waals surface area contributed by atoms with Crippen molar-refractivity contribution in [3.05, 3.63) is 41.2 Å². The molecule has 0 radical (unpaired) electrons. The minimum atomic E-state index is -0.0759. The van der Waals surface area contributed by atoms with Gasteiger partial charge in [-0.15, -0.1) is 0 Å². The zero-order chi connectivity index (χ0) is 20.9. The number of carbonyl (C=O) groups is 1. The van der Waals surface area contributed by atoms with E-state index in [1.54, 1.807) is 6.20 Å². The Labute approximate surface area is 176 Å². The van der Waals surface area contributed by atoms with Crippen LogP contribution in [0.1, 0.15) is 47.1 Å². The lowest BCUT2D eigenvalue weighted by Crippen LogP contribution is -2.36. The second-order valence-corrected chi connectivity index (χ2v) is 8.52. The standard InChI is InChI=1S/C21H24N5O3P/c1-12-16(17-18(25-21(2)4-5-21)23-10-24-19(17)29-12)20(27)26-6-3-15-13(9-26)7-14(8-22-15)28-11-30/h7-8,10H,3-6,9,11,30H2,1-2H3,(H,23,24,25). The lowest BCUT2D eigenvalue weighted by Gasteiger charge is -2.28. The van der Waals surface area contributed by atoms with E-state index in [9.17, 15) is 4.79 Å². The number of hydrogen-bond donors (Lipinski definition) is 1. The molecule has 0 saturated heterocycles. The van der Waals surface area contributed by atoms with E-state index in [1.807, 2.05) is 17.9 Å². The number of pyridine rings is 1. The maximum absolute atomic E-state index is 13.6. The van der Waals surface area contributed by atoms with Gasteiger partial charge >= 0.3 is 0 Å². The van der Waals surface area contributed by atoms with Crippen LogP contribution < -0.4 is 10.1 Å². The molecule has 1 atom stereocenters. The summed E-state index contributed by atoms with van der Waals surface area (Å²) in [6.07, 6.45) is 6.57. The molecular formula is C21H24N5O3P. The highest BCUT2D eigenvalue weighted by Gasteiger charge is 2.39. The molecular weight excluding hydrogens is 401 g/mol. The number of nitrogens with zero attached hydrogens (tertiary/aromatic N) is 4. The van der Waals surface area contributed by atoms with E-state index in [-0.39, 0.29) is 11.4 Å². The van der Waals surface area contributed by atoms with Gasteiger partial charge in [-0.3, -0.25) is 9.78 Å². The van der Waals surface area contributed by atoms with E-state index in [4.69, 9.17) is 9.15 Å². The summed E-state index contributed by atoms with van der Waals surface area (Å²) in [5, 5.41) is 4.14. The molecule has 9 heteroatoms. The van der Waals surface area contributed by atoms with Crippen LogP contribution in [0.3, 0.4) is 0 Å². The van der Waals surface area contributed by atoms with Crippen LogP contribution in [0.15, 0.2) is 23.0 Å². The number of furan rings is 1. The minimum absolute atomic E-state index is 0.0243. The lowest BCUT2D eigenvalue weighted by molar-refractivity contribution is 0.0733. The van der Waals surface area contributed by atoms with Gasteiger partial charge in [0.15, 0.2) is 0 Å². The van der Waals surface area contributed by atoms with Crippen LogP contribution in [0, 0.1) is 6.92 Å². The van der Waals surface area contributed by atoms with Crippen LogP contribution in [-0.2, 0) is 13.0 Å². The van der Waals surface area contributed by atoms with Gasteiger partial charge in [-0.05, 0) is 38.3 Å². The van der Waals surface area contributed by atoms with Crippen LogP contribution in [0.4, 0.5) is 5.82 Å². The Balaban J connectivity index is 1.49. The van der Waals surface area contributed by atoms with Crippen molar-refractivity contribution in [3.63, 3.8) is 0 Å². The highest BCUT2D eigenvalue weighted by Crippen LogP contribution is 2.40. The average molecular weight is 425 g/mol. The molecule has 4 heterocycles. The molecule has 2 aliphatic rings. The van der Waals surface area contributed by atoms with Gasteiger partial charge in [-0.1, -0.05) is 9.24 Å². The van der Waals surface area contributed by atoms with Gasteiger partial charge in [0, 0.05) is 30.7 Å². The predicted molar refractivity (Wildman–Crippen MR) is 116 cm³/mol. The summed E-state index contributed by atoms with van der Waals surface area (Å²) in [5.74, 6) is 1.85. The Morgan fingerprint density at radius 3 is 2.97 bits per heavy atom. The number of amides is 1. The molecule has 8 nitrogen and oxygen atoms in total. The first kappa shape index (κ1) is 19.2. The van der Waals surface area contributed by atoms with Gasteiger partial charge in [0.1, 0.15) is 30.0 Å². The van der Waals surface area contributed by atoms with Crippen molar-refractivity contribution < 1.29 is 13.9 Å². The number of hydrogen-bond acceptors (Lipinski definition) is 7. The van der Waals surface area contributed by atoms with Crippen LogP contribution in [0.25, 0.3) is 11.1 Å². The Morgan fingerprint density at radius 2 is 2.20 bits per heavy atom. The van der Waals surface area contributed by atoms with Crippen molar-refractivity contribution in [2.24, 2.45) is 0 Å². The van der Waals surface area contributed by atoms with Crippen molar-refractivity contribution >= 4 is 32.1 Å². The second-order valence-electron chi connectivity index (χ2n) is 8.19. The number of aryl methyl sites for hydroxylation is 1. The molecule has 30 heavy (non-hydrogen) atoms. The molecule has 0 spiro atoms. The Hall–Kier alpha value is -2.73. The smallest absolute Gasteiger partial charge is 0.258 e. The monoisotopic (exact) mass is 425 g/mol. The van der Waals surface area contributed by atoms with Gasteiger partial charge in [0.25, 0.3) is 5.91 Å². The molecule has 0 bridgehead atoms. The number of nitrogens with one attached hydrogen (secondary N) is 1. The molecule has 5 rings (SSSR count). The van der Waals surface area contributed by atoms with Crippen molar-refractivity contribution in [1.29, 1.82) is 0 Å². The predicted octanol–water partition coefficient (Wildman–Crippen LogP) is 3.30. The maximum Gasteiger partial charge on any atom is 0.258 e. The van der Waals surface area contributed by atoms with Crippen LogP contribution in [0.2, 0.25) is 0 Å². The van der Waals surface area contributed by atoms with E-state index < -0.39 is 0 Å². The summed E-state index contributed by atoms with van der Waals surface area (Å²) in [5.41, 5.74) is 3.02. The zero-order valence-corrected chi connectivity index (χ0v) is 18.2. The van der Waals surface area contributed by atoms with Crippen molar-refractivity contribution in [1.82, 2.24) is 19.9 Å². The fraction of sp³-hybridized carbons (Fsp3) is 0.429. The largest absolute Gasteiger partial charge is 0.488 e. The fourth-order valence-electron chi connectivity index (χ4n) is 3.91. The van der Waals surface area contributed by atoms with Crippen LogP contribution >= 0.6 is 9.24 Å². The number of ether oxygens (including phenoxy) is 1. The van der Waals surface area contributed by atoms with E-state index in [1.165, 1.54) is 6.33 Å². The Bertz CT molecular complexity index is 1140. The summed E-state index contributed by atoms with van der Waals surface area (Å²) in [4.78, 5) is 28.6. The molecule has 1 unspecified atom stereocenters. The molecule has 3 aromatic heterocycles. The molecule has 0 aromatic carbocycles. The summed E-state index contributed by atoms with van der Waals surface area (Å²) in [6.45, 7) is 5.04. The molecule has 1 saturated carbocycles. The first-order valence-electron chi connectivity index (χ1n) is 10.1. The third kappa shape index (κ3) is 3.39. The van der Waals surface area contributed by atoms with E-state index in [2.05, 4.69) is 36.4 Å². The van der Waals surface area contributed by atoms with Gasteiger partial charge in [-0.25, -0.2) is 9.97 Å². The quantitative estimate of drug-likeness (QED) is 0.627. The van der Waals surface area contributed by atoms with Gasteiger partial charge in [0.05, 0.1) is 17.1 Å². The van der Waals surface area contributed by atoms with E-state index in [0.29, 0.717) is 59.8 Å².